The summed E-state index contributed by atoms with van der Waals surface area (Å²) in [6.07, 6.45) is 0. The topological polar surface area (TPSA) is 23.6 Å². The molecule has 0 heterocycles. The van der Waals surface area contributed by atoms with Gasteiger partial charge in [0, 0.05) is 18.6 Å². The van der Waals surface area contributed by atoms with Crippen LogP contribution in [0.2, 0.25) is 5.02 Å². The van der Waals surface area contributed by atoms with Crippen LogP contribution in [0.3, 0.4) is 0 Å². The zero-order valence-corrected chi connectivity index (χ0v) is 14.6. The molecule has 1 atom stereocenters. The summed E-state index contributed by atoms with van der Waals surface area (Å²) >= 11 is 6.18. The fraction of sp³-hybridized carbons (Fsp3) is 0.316. The van der Waals surface area contributed by atoms with Crippen molar-refractivity contribution in [3.05, 3.63) is 70.7 Å². The van der Waals surface area contributed by atoms with E-state index in [0.29, 0.717) is 13.1 Å². The van der Waals surface area contributed by atoms with Crippen molar-refractivity contribution >= 4 is 17.5 Å². The van der Waals surface area contributed by atoms with Crippen molar-refractivity contribution in [2.24, 2.45) is 0 Å². The molecular formula is C19H23ClN2O. The van der Waals surface area contributed by atoms with Crippen molar-refractivity contribution in [3.8, 4) is 0 Å². The molecule has 0 aliphatic carbocycles. The van der Waals surface area contributed by atoms with E-state index in [1.807, 2.05) is 80.5 Å². The normalized spacial score (nSPS) is 12.2. The molecule has 1 unspecified atom stereocenters. The highest BCUT2D eigenvalue weighted by Crippen LogP contribution is 2.19. The zero-order chi connectivity index (χ0) is 16.8. The molecule has 0 saturated heterocycles. The van der Waals surface area contributed by atoms with Gasteiger partial charge in [-0.3, -0.25) is 9.69 Å². The number of halogens is 1. The lowest BCUT2D eigenvalue weighted by Gasteiger charge is -2.27. The Morgan fingerprint density at radius 1 is 1.04 bits per heavy atom. The quantitative estimate of drug-likeness (QED) is 0.799. The summed E-state index contributed by atoms with van der Waals surface area (Å²) in [6.45, 7) is 3.05. The van der Waals surface area contributed by atoms with Crippen molar-refractivity contribution in [1.29, 1.82) is 0 Å². The first kappa shape index (κ1) is 17.5. The van der Waals surface area contributed by atoms with Gasteiger partial charge in [0.15, 0.2) is 0 Å². The molecule has 0 bridgehead atoms. The van der Waals surface area contributed by atoms with Crippen molar-refractivity contribution < 1.29 is 4.79 Å². The van der Waals surface area contributed by atoms with Gasteiger partial charge in [0.2, 0.25) is 5.91 Å². The first-order valence-electron chi connectivity index (χ1n) is 7.71. The second-order valence-electron chi connectivity index (χ2n) is 5.86. The maximum absolute atomic E-state index is 12.5. The van der Waals surface area contributed by atoms with E-state index < -0.39 is 0 Å². The van der Waals surface area contributed by atoms with Crippen molar-refractivity contribution in [2.45, 2.75) is 19.5 Å². The number of carbonyl (C=O) groups excluding carboxylic acids is 1. The SMILES string of the molecule is CC(c1ccccc1)N(C)C(=O)CN(C)Cc1ccccc1Cl. The molecular weight excluding hydrogens is 308 g/mol. The van der Waals surface area contributed by atoms with Gasteiger partial charge >= 0.3 is 0 Å². The monoisotopic (exact) mass is 330 g/mol. The molecule has 2 aromatic rings. The van der Waals surface area contributed by atoms with Gasteiger partial charge in [-0.05, 0) is 31.2 Å². The van der Waals surface area contributed by atoms with Gasteiger partial charge in [0.05, 0.1) is 12.6 Å². The second kappa shape index (κ2) is 8.14. The summed E-state index contributed by atoms with van der Waals surface area (Å²) in [5.74, 6) is 0.0934. The van der Waals surface area contributed by atoms with Crippen LogP contribution in [0, 0.1) is 0 Å². The van der Waals surface area contributed by atoms with E-state index in [0.717, 1.165) is 16.1 Å². The minimum Gasteiger partial charge on any atom is -0.338 e. The smallest absolute Gasteiger partial charge is 0.236 e. The fourth-order valence-electron chi connectivity index (χ4n) is 2.49. The lowest BCUT2D eigenvalue weighted by molar-refractivity contribution is -0.132. The molecule has 0 N–H and O–H groups in total. The molecule has 0 aliphatic heterocycles. The largest absolute Gasteiger partial charge is 0.338 e. The van der Waals surface area contributed by atoms with Crippen LogP contribution in [-0.4, -0.2) is 36.3 Å². The molecule has 0 saturated carbocycles. The standard InChI is InChI=1S/C19H23ClN2O/c1-15(16-9-5-4-6-10-16)22(3)19(23)14-21(2)13-17-11-7-8-12-18(17)20/h4-12,15H,13-14H2,1-3H3. The Morgan fingerprint density at radius 3 is 2.30 bits per heavy atom. The Labute approximate surface area is 143 Å². The molecule has 1 amide bonds. The summed E-state index contributed by atoms with van der Waals surface area (Å²) in [4.78, 5) is 16.3. The van der Waals surface area contributed by atoms with Crippen LogP contribution in [0.15, 0.2) is 54.6 Å². The van der Waals surface area contributed by atoms with Gasteiger partial charge in [0.25, 0.3) is 0 Å². The van der Waals surface area contributed by atoms with Crippen LogP contribution in [0.25, 0.3) is 0 Å². The molecule has 0 aliphatic rings. The molecule has 3 nitrogen and oxygen atoms in total. The van der Waals surface area contributed by atoms with E-state index in [-0.39, 0.29) is 11.9 Å². The van der Waals surface area contributed by atoms with E-state index in [2.05, 4.69) is 0 Å². The third-order valence-corrected chi connectivity index (χ3v) is 4.43. The maximum Gasteiger partial charge on any atom is 0.236 e. The Balaban J connectivity index is 1.94. The van der Waals surface area contributed by atoms with E-state index in [1.165, 1.54) is 0 Å². The minimum absolute atomic E-state index is 0.0532. The van der Waals surface area contributed by atoms with E-state index in [1.54, 1.807) is 4.90 Å². The van der Waals surface area contributed by atoms with Crippen LogP contribution >= 0.6 is 11.6 Å². The maximum atomic E-state index is 12.5. The Hall–Kier alpha value is -1.84. The average molecular weight is 331 g/mol. The lowest BCUT2D eigenvalue weighted by Crippen LogP contribution is -2.37. The van der Waals surface area contributed by atoms with Crippen LogP contribution < -0.4 is 0 Å². The predicted octanol–water partition coefficient (Wildman–Crippen LogP) is 3.99. The number of rotatable bonds is 6. The molecule has 2 rings (SSSR count). The highest BCUT2D eigenvalue weighted by molar-refractivity contribution is 6.31. The number of hydrogen-bond acceptors (Lipinski definition) is 2. The number of carbonyl (C=O) groups is 1. The summed E-state index contributed by atoms with van der Waals surface area (Å²) < 4.78 is 0. The third kappa shape index (κ3) is 4.81. The summed E-state index contributed by atoms with van der Waals surface area (Å²) in [5, 5.41) is 0.734. The van der Waals surface area contributed by atoms with Crippen molar-refractivity contribution in [3.63, 3.8) is 0 Å². The zero-order valence-electron chi connectivity index (χ0n) is 13.9. The van der Waals surface area contributed by atoms with Gasteiger partial charge in [-0.2, -0.15) is 0 Å². The number of likely N-dealkylation sites (N-methyl/N-ethyl adjacent to an activating group) is 2. The number of hydrogen-bond donors (Lipinski definition) is 0. The van der Waals surface area contributed by atoms with Gasteiger partial charge in [0.1, 0.15) is 0 Å². The second-order valence-corrected chi connectivity index (χ2v) is 6.26. The number of benzene rings is 2. The first-order chi connectivity index (χ1) is 11.0. The Morgan fingerprint density at radius 2 is 1.65 bits per heavy atom. The molecule has 0 radical (unpaired) electrons. The molecule has 4 heteroatoms. The number of nitrogens with zero attached hydrogens (tertiary/aromatic N) is 2. The van der Waals surface area contributed by atoms with Gasteiger partial charge in [-0.25, -0.2) is 0 Å². The molecule has 0 fully saturated rings. The number of amides is 1. The van der Waals surface area contributed by atoms with Crippen molar-refractivity contribution in [1.82, 2.24) is 9.80 Å². The Kier molecular flexibility index (Phi) is 6.20. The molecule has 122 valence electrons. The van der Waals surface area contributed by atoms with E-state index in [9.17, 15) is 4.79 Å². The third-order valence-electron chi connectivity index (χ3n) is 4.06. The average Bonchev–Trinajstić information content (AvgIpc) is 2.56. The summed E-state index contributed by atoms with van der Waals surface area (Å²) in [7, 11) is 3.78. The van der Waals surface area contributed by atoms with Gasteiger partial charge in [-0.15, -0.1) is 0 Å². The molecule has 0 aromatic heterocycles. The fourth-order valence-corrected chi connectivity index (χ4v) is 2.68. The molecule has 0 spiro atoms. The highest BCUT2D eigenvalue weighted by Gasteiger charge is 2.18. The van der Waals surface area contributed by atoms with Gasteiger partial charge < -0.3 is 4.90 Å². The van der Waals surface area contributed by atoms with Crippen LogP contribution in [0.1, 0.15) is 24.1 Å². The molecule has 23 heavy (non-hydrogen) atoms. The highest BCUT2D eigenvalue weighted by atomic mass is 35.5. The first-order valence-corrected chi connectivity index (χ1v) is 8.09. The van der Waals surface area contributed by atoms with E-state index >= 15 is 0 Å². The summed E-state index contributed by atoms with van der Waals surface area (Å²) in [6, 6.07) is 17.8. The lowest BCUT2D eigenvalue weighted by atomic mass is 10.1. The van der Waals surface area contributed by atoms with Gasteiger partial charge in [-0.1, -0.05) is 60.1 Å². The van der Waals surface area contributed by atoms with Crippen LogP contribution in [-0.2, 0) is 11.3 Å². The van der Waals surface area contributed by atoms with Crippen molar-refractivity contribution in [2.75, 3.05) is 20.6 Å². The summed E-state index contributed by atoms with van der Waals surface area (Å²) in [5.41, 5.74) is 2.17. The van der Waals surface area contributed by atoms with Crippen LogP contribution in [0.5, 0.6) is 0 Å². The predicted molar refractivity (Wildman–Crippen MR) is 95.4 cm³/mol. The minimum atomic E-state index is 0.0532. The Bertz CT molecular complexity index is 645. The van der Waals surface area contributed by atoms with E-state index in [4.69, 9.17) is 11.6 Å². The van der Waals surface area contributed by atoms with Crippen LogP contribution in [0.4, 0.5) is 0 Å². The molecule has 2 aromatic carbocycles.